The molecule has 2 aromatic rings. The lowest BCUT2D eigenvalue weighted by atomic mass is 9.89. The van der Waals surface area contributed by atoms with Crippen molar-refractivity contribution in [3.8, 4) is 0 Å². The van der Waals surface area contributed by atoms with Crippen molar-refractivity contribution in [2.24, 2.45) is 26.9 Å². The van der Waals surface area contributed by atoms with Crippen LogP contribution in [0.1, 0.15) is 47.5 Å². The third-order valence-corrected chi connectivity index (χ3v) is 8.98. The van der Waals surface area contributed by atoms with Gasteiger partial charge in [-0.15, -0.1) is 0 Å². The molecule has 2 aliphatic heterocycles. The zero-order chi connectivity index (χ0) is 34.6. The van der Waals surface area contributed by atoms with Gasteiger partial charge >= 0.3 is 6.03 Å². The highest BCUT2D eigenvalue weighted by Crippen LogP contribution is 2.27. The number of piperidine rings is 1. The van der Waals surface area contributed by atoms with Gasteiger partial charge in [-0.2, -0.15) is 0 Å². The number of rotatable bonds is 14. The largest absolute Gasteiger partial charge is 0.409 e. The molecule has 6 N–H and O–H groups in total. The lowest BCUT2D eigenvalue weighted by Crippen LogP contribution is -2.57. The number of benzene rings is 2. The summed E-state index contributed by atoms with van der Waals surface area (Å²) in [4.78, 5) is 39.5. The van der Waals surface area contributed by atoms with Gasteiger partial charge in [-0.05, 0) is 56.0 Å². The van der Waals surface area contributed by atoms with Gasteiger partial charge in [0.05, 0.1) is 18.8 Å². The number of halogens is 2. The lowest BCUT2D eigenvalue weighted by molar-refractivity contribution is 0.0811. The van der Waals surface area contributed by atoms with Gasteiger partial charge in [-0.1, -0.05) is 69.0 Å². The Hall–Kier alpha value is -4.27. The molecule has 48 heavy (non-hydrogen) atoms. The minimum Gasteiger partial charge on any atom is -0.409 e. The average molecular weight is 705 g/mol. The van der Waals surface area contributed by atoms with Crippen LogP contribution in [-0.4, -0.2) is 125 Å². The van der Waals surface area contributed by atoms with Crippen LogP contribution in [0.3, 0.4) is 0 Å². The molecule has 260 valence electrons. The van der Waals surface area contributed by atoms with E-state index >= 15 is 0 Å². The second kappa shape index (κ2) is 17.8. The van der Waals surface area contributed by atoms with Crippen LogP contribution in [-0.2, 0) is 4.84 Å². The first-order valence-corrected chi connectivity index (χ1v) is 16.5. The second-order valence-corrected chi connectivity index (χ2v) is 12.8. The highest BCUT2D eigenvalue weighted by atomic mass is 35.5. The van der Waals surface area contributed by atoms with E-state index in [2.05, 4.69) is 20.4 Å². The standard InChI is InChI=1S/C32H43Cl2N9O5/c1-40(31(44)23-16-24(33)18-25(34)17-23)19-28(39-48-21-30(36)38-47)27(22-6-3-2-4-7-22)10-15-41-13-8-26(9-14-41)43-12-5-11-42(32(43)45)20-29(35)37-46/h2-4,6-7,16-18,26-27,46-47H,5,8-15,19-21H2,1H3,(H2,35,37)(H2,36,38)/b39-28+. The normalized spacial score (nSPS) is 17.8. The molecule has 1 unspecified atom stereocenters. The Morgan fingerprint density at radius 3 is 2.33 bits per heavy atom. The summed E-state index contributed by atoms with van der Waals surface area (Å²) in [5.41, 5.74) is 13.2. The lowest BCUT2D eigenvalue weighted by Gasteiger charge is -2.43. The second-order valence-electron chi connectivity index (χ2n) is 11.9. The van der Waals surface area contributed by atoms with Crippen LogP contribution in [0.15, 0.2) is 64.0 Å². The Kier molecular flexibility index (Phi) is 13.5. The van der Waals surface area contributed by atoms with Crippen LogP contribution in [0.4, 0.5) is 4.79 Å². The number of carbonyl (C=O) groups excluding carboxylic acids is 2. The number of amidine groups is 2. The summed E-state index contributed by atoms with van der Waals surface area (Å²) in [6.07, 6.45) is 3.14. The molecule has 0 spiro atoms. The van der Waals surface area contributed by atoms with E-state index in [0.717, 1.165) is 44.5 Å². The van der Waals surface area contributed by atoms with Crippen molar-refractivity contribution in [3.63, 3.8) is 0 Å². The van der Waals surface area contributed by atoms with Gasteiger partial charge in [0.2, 0.25) is 0 Å². The Balaban J connectivity index is 1.47. The Bertz CT molecular complexity index is 1470. The Morgan fingerprint density at radius 2 is 1.69 bits per heavy atom. The van der Waals surface area contributed by atoms with E-state index in [1.54, 1.807) is 30.1 Å². The molecule has 16 heteroatoms. The topological polar surface area (TPSA) is 186 Å². The number of hydrogen-bond acceptors (Lipinski definition) is 9. The molecule has 1 atom stereocenters. The third kappa shape index (κ3) is 10.1. The number of hydrogen-bond donors (Lipinski definition) is 4. The molecule has 2 aromatic carbocycles. The summed E-state index contributed by atoms with van der Waals surface area (Å²) in [7, 11) is 1.66. The summed E-state index contributed by atoms with van der Waals surface area (Å²) < 4.78 is 0. The minimum atomic E-state index is -0.297. The predicted molar refractivity (Wildman–Crippen MR) is 185 cm³/mol. The quantitative estimate of drug-likeness (QED) is 0.0993. The third-order valence-electron chi connectivity index (χ3n) is 8.54. The van der Waals surface area contributed by atoms with E-state index in [0.29, 0.717) is 40.8 Å². The molecule has 0 radical (unpaired) electrons. The number of nitrogens with two attached hydrogens (primary N) is 2. The maximum absolute atomic E-state index is 13.4. The first-order chi connectivity index (χ1) is 23.1. The van der Waals surface area contributed by atoms with Gasteiger partial charge in [0.1, 0.15) is 0 Å². The van der Waals surface area contributed by atoms with Crippen molar-refractivity contribution in [2.75, 3.05) is 59.5 Å². The first kappa shape index (κ1) is 36.6. The van der Waals surface area contributed by atoms with Gasteiger partial charge < -0.3 is 46.3 Å². The summed E-state index contributed by atoms with van der Waals surface area (Å²) >= 11 is 12.3. The van der Waals surface area contributed by atoms with Crippen LogP contribution in [0, 0.1) is 0 Å². The zero-order valence-corrected chi connectivity index (χ0v) is 28.4. The molecule has 2 aliphatic rings. The predicted octanol–water partition coefficient (Wildman–Crippen LogP) is 3.70. The van der Waals surface area contributed by atoms with Gasteiger partial charge in [-0.25, -0.2) is 4.79 Å². The molecule has 3 amide bonds. The molecule has 0 aliphatic carbocycles. The Labute approximate surface area is 290 Å². The van der Waals surface area contributed by atoms with Crippen LogP contribution < -0.4 is 11.5 Å². The molecule has 0 saturated carbocycles. The van der Waals surface area contributed by atoms with E-state index in [1.165, 1.54) is 4.90 Å². The molecular formula is C32H43Cl2N9O5. The molecule has 2 fully saturated rings. The molecule has 4 rings (SSSR count). The number of nitrogens with zero attached hydrogens (tertiary/aromatic N) is 7. The monoisotopic (exact) mass is 703 g/mol. The van der Waals surface area contributed by atoms with E-state index in [4.69, 9.17) is 49.9 Å². The van der Waals surface area contributed by atoms with Crippen molar-refractivity contribution in [3.05, 3.63) is 69.7 Å². The van der Waals surface area contributed by atoms with E-state index in [9.17, 15) is 9.59 Å². The molecule has 0 bridgehead atoms. The summed E-state index contributed by atoms with van der Waals surface area (Å²) in [5.74, 6) is -0.661. The molecule has 2 saturated heterocycles. The van der Waals surface area contributed by atoms with Gasteiger partial charge in [0, 0.05) is 60.8 Å². The highest BCUT2D eigenvalue weighted by Gasteiger charge is 2.34. The molecule has 14 nitrogen and oxygen atoms in total. The van der Waals surface area contributed by atoms with Crippen LogP contribution >= 0.6 is 23.2 Å². The minimum absolute atomic E-state index is 0.00992. The summed E-state index contributed by atoms with van der Waals surface area (Å²) in [6.45, 7) is 3.59. The number of oxime groups is 3. The van der Waals surface area contributed by atoms with Crippen LogP contribution in [0.25, 0.3) is 0 Å². The number of urea groups is 1. The van der Waals surface area contributed by atoms with Gasteiger partial charge in [-0.3, -0.25) is 4.79 Å². The fourth-order valence-corrected chi connectivity index (χ4v) is 6.65. The first-order valence-electron chi connectivity index (χ1n) is 15.8. The summed E-state index contributed by atoms with van der Waals surface area (Å²) in [6, 6.07) is 14.6. The van der Waals surface area contributed by atoms with Crippen LogP contribution in [0.2, 0.25) is 10.0 Å². The number of carbonyl (C=O) groups is 2. The molecular weight excluding hydrogens is 661 g/mol. The zero-order valence-electron chi connectivity index (χ0n) is 26.9. The van der Waals surface area contributed by atoms with Gasteiger partial charge in [0.25, 0.3) is 5.91 Å². The molecule has 0 aromatic heterocycles. The van der Waals surface area contributed by atoms with Crippen molar-refractivity contribution < 1.29 is 24.8 Å². The van der Waals surface area contributed by atoms with Crippen molar-refractivity contribution >= 4 is 52.5 Å². The Morgan fingerprint density at radius 1 is 1.02 bits per heavy atom. The fraction of sp³-hybridized carbons (Fsp3) is 0.469. The number of amides is 3. The smallest absolute Gasteiger partial charge is 0.320 e. The van der Waals surface area contributed by atoms with Gasteiger partial charge in [0.15, 0.2) is 18.3 Å². The van der Waals surface area contributed by atoms with Crippen molar-refractivity contribution in [2.45, 2.75) is 37.6 Å². The maximum Gasteiger partial charge on any atom is 0.320 e. The average Bonchev–Trinajstić information content (AvgIpc) is 3.09. The van der Waals surface area contributed by atoms with E-state index < -0.39 is 0 Å². The number of likely N-dealkylation sites (tertiary alicyclic amines) is 1. The summed E-state index contributed by atoms with van der Waals surface area (Å²) in [5, 5.41) is 29.0. The fourth-order valence-electron chi connectivity index (χ4n) is 6.12. The van der Waals surface area contributed by atoms with Crippen molar-refractivity contribution in [1.29, 1.82) is 0 Å². The molecule has 2 heterocycles. The van der Waals surface area contributed by atoms with Crippen LogP contribution in [0.5, 0.6) is 0 Å². The van der Waals surface area contributed by atoms with E-state index in [1.807, 2.05) is 35.2 Å². The van der Waals surface area contributed by atoms with Crippen molar-refractivity contribution in [1.82, 2.24) is 19.6 Å². The SMILES string of the molecule is CN(C/C(=N\OC/C(N)=N/O)C(CCN1CCC(N2CCCN(C/C(N)=N\O)C2=O)CC1)c1ccccc1)C(=O)c1cc(Cl)cc(Cl)c1. The maximum atomic E-state index is 13.4. The van der Waals surface area contributed by atoms with E-state index in [-0.39, 0.29) is 55.3 Å². The highest BCUT2D eigenvalue weighted by molar-refractivity contribution is 6.35.